The molecule has 2 N–H and O–H groups in total. The van der Waals surface area contributed by atoms with E-state index in [9.17, 15) is 15.0 Å². The Morgan fingerprint density at radius 3 is 2.73 bits per heavy atom. The molecule has 4 nitrogen and oxygen atoms in total. The molecular weight excluding hydrogens is 376 g/mol. The Bertz CT molecular complexity index is 1020. The summed E-state index contributed by atoms with van der Waals surface area (Å²) in [5, 5.41) is 22.8. The molecule has 5 saturated carbocycles. The average molecular weight is 409 g/mol. The van der Waals surface area contributed by atoms with E-state index in [4.69, 9.17) is 4.42 Å². The molecule has 0 radical (unpaired) electrons. The molecule has 5 fully saturated rings. The van der Waals surface area contributed by atoms with Crippen LogP contribution in [0.15, 0.2) is 39.3 Å². The average Bonchev–Trinajstić information content (AvgIpc) is 3.17. The second kappa shape index (κ2) is 5.15. The van der Waals surface area contributed by atoms with Crippen LogP contribution in [-0.4, -0.2) is 21.9 Å². The van der Waals surface area contributed by atoms with Crippen molar-refractivity contribution in [3.05, 3.63) is 46.0 Å². The molecule has 30 heavy (non-hydrogen) atoms. The van der Waals surface area contributed by atoms with Gasteiger partial charge in [-0.05, 0) is 91.6 Å². The molecule has 6 aliphatic rings. The largest absolute Gasteiger partial charge is 0.431 e. The van der Waals surface area contributed by atoms with Gasteiger partial charge < -0.3 is 14.6 Å². The van der Waals surface area contributed by atoms with Gasteiger partial charge in [-0.25, -0.2) is 4.79 Å². The van der Waals surface area contributed by atoms with Crippen molar-refractivity contribution in [1.29, 1.82) is 0 Å². The second-order valence-corrected chi connectivity index (χ2v) is 12.0. The van der Waals surface area contributed by atoms with Crippen LogP contribution in [0.5, 0.6) is 0 Å². The highest BCUT2D eigenvalue weighted by atomic mass is 16.4. The maximum atomic E-state index is 12.5. The first-order valence-electron chi connectivity index (χ1n) is 12.0. The van der Waals surface area contributed by atoms with Gasteiger partial charge in [-0.3, -0.25) is 0 Å². The molecule has 0 amide bonds. The number of hydrogen-bond donors (Lipinski definition) is 2. The third-order valence-corrected chi connectivity index (χ3v) is 11.6. The monoisotopic (exact) mass is 408 g/mol. The van der Waals surface area contributed by atoms with Crippen LogP contribution in [0.2, 0.25) is 0 Å². The first-order valence-corrected chi connectivity index (χ1v) is 12.0. The van der Waals surface area contributed by atoms with Crippen LogP contribution in [0.3, 0.4) is 0 Å². The molecule has 1 aromatic heterocycles. The Hall–Kier alpha value is -1.39. The van der Waals surface area contributed by atoms with Gasteiger partial charge >= 0.3 is 5.63 Å². The maximum Gasteiger partial charge on any atom is 0.335 e. The molecule has 1 heterocycles. The summed E-state index contributed by atoms with van der Waals surface area (Å²) in [6.07, 6.45) is 10.8. The molecule has 1 spiro atoms. The highest BCUT2D eigenvalue weighted by Crippen LogP contribution is 2.88. The summed E-state index contributed by atoms with van der Waals surface area (Å²) in [5.74, 6) is 2.75. The van der Waals surface area contributed by atoms with Gasteiger partial charge in [0, 0.05) is 16.9 Å². The van der Waals surface area contributed by atoms with Gasteiger partial charge in [0.05, 0.1) is 18.0 Å². The molecular formula is C26H32O4. The van der Waals surface area contributed by atoms with Gasteiger partial charge in [0.2, 0.25) is 0 Å². The fourth-order valence-corrected chi connectivity index (χ4v) is 10.5. The number of aliphatic hydroxyl groups excluding tert-OH is 1. The highest BCUT2D eigenvalue weighted by molar-refractivity contribution is 5.44. The molecule has 10 atom stereocenters. The fraction of sp³-hybridized carbons (Fsp3) is 0.731. The molecule has 0 aliphatic heterocycles. The smallest absolute Gasteiger partial charge is 0.335 e. The van der Waals surface area contributed by atoms with Crippen LogP contribution in [0.25, 0.3) is 0 Å². The summed E-state index contributed by atoms with van der Waals surface area (Å²) >= 11 is 0. The zero-order valence-electron chi connectivity index (χ0n) is 17.9. The molecule has 0 aromatic carbocycles. The van der Waals surface area contributed by atoms with Crippen LogP contribution in [0, 0.1) is 39.9 Å². The van der Waals surface area contributed by atoms with Crippen LogP contribution in [0.1, 0.15) is 70.3 Å². The standard InChI is InChI=1S/C26H32O4/c1-23-7-5-16(27)10-19(23)17-12-25-15(9-20(25)22(17)23)11-24(2)18(6-8-26(24,25)29)14-3-4-21(28)30-13-14/h3-4,10,13,15-18,20,22,27,29H,5-9,11-12H2,1-2H3/t15?,16?,17?,18?,20-,22+,23?,24?,25+,26-/m1/s1. The van der Waals surface area contributed by atoms with Crippen LogP contribution in [-0.2, 0) is 0 Å². The number of aliphatic hydroxyl groups is 2. The van der Waals surface area contributed by atoms with E-state index in [0.717, 1.165) is 44.1 Å². The molecule has 160 valence electrons. The minimum atomic E-state index is -0.635. The first kappa shape index (κ1) is 18.2. The van der Waals surface area contributed by atoms with E-state index in [1.54, 1.807) is 6.26 Å². The SMILES string of the molecule is CC12CCC(O)C=C1C1C[C@]34C(C[C@@H]3[C@H]12)CC1(C)C(c2ccc(=O)oc2)CC[C@@]14O. The quantitative estimate of drug-likeness (QED) is 0.689. The van der Waals surface area contributed by atoms with Gasteiger partial charge in [0.25, 0.3) is 0 Å². The van der Waals surface area contributed by atoms with Crippen LogP contribution in [0.4, 0.5) is 0 Å². The lowest BCUT2D eigenvalue weighted by Crippen LogP contribution is -2.61. The molecule has 0 saturated heterocycles. The Labute approximate surface area is 177 Å². The van der Waals surface area contributed by atoms with Crippen molar-refractivity contribution in [2.75, 3.05) is 0 Å². The zero-order chi connectivity index (χ0) is 20.7. The van der Waals surface area contributed by atoms with Crippen molar-refractivity contribution >= 4 is 0 Å². The van der Waals surface area contributed by atoms with E-state index in [2.05, 4.69) is 19.9 Å². The number of fused-ring (bicyclic) bond motifs is 6. The third kappa shape index (κ3) is 1.66. The van der Waals surface area contributed by atoms with Gasteiger partial charge in [-0.2, -0.15) is 0 Å². The predicted molar refractivity (Wildman–Crippen MR) is 112 cm³/mol. The lowest BCUT2D eigenvalue weighted by molar-refractivity contribution is -0.188. The normalized spacial score (nSPS) is 57.3. The number of allylic oxidation sites excluding steroid dienone is 1. The van der Waals surface area contributed by atoms with E-state index in [-0.39, 0.29) is 33.9 Å². The van der Waals surface area contributed by atoms with Crippen molar-refractivity contribution in [2.24, 2.45) is 39.9 Å². The van der Waals surface area contributed by atoms with Gasteiger partial charge in [-0.1, -0.05) is 25.5 Å². The van der Waals surface area contributed by atoms with E-state index >= 15 is 0 Å². The third-order valence-electron chi connectivity index (χ3n) is 11.6. The molecule has 6 unspecified atom stereocenters. The van der Waals surface area contributed by atoms with Crippen molar-refractivity contribution in [3.63, 3.8) is 0 Å². The minimum absolute atomic E-state index is 0.0492. The lowest BCUT2D eigenvalue weighted by Gasteiger charge is -2.62. The highest BCUT2D eigenvalue weighted by Gasteiger charge is 2.85. The number of rotatable bonds is 1. The molecule has 6 aliphatic carbocycles. The van der Waals surface area contributed by atoms with Crippen LogP contribution >= 0.6 is 0 Å². The van der Waals surface area contributed by atoms with E-state index in [1.807, 2.05) is 6.07 Å². The van der Waals surface area contributed by atoms with Gasteiger partial charge in [0.15, 0.2) is 0 Å². The van der Waals surface area contributed by atoms with Crippen molar-refractivity contribution in [1.82, 2.24) is 0 Å². The fourth-order valence-electron chi connectivity index (χ4n) is 10.5. The summed E-state index contributed by atoms with van der Waals surface area (Å²) in [6, 6.07) is 3.45. The maximum absolute atomic E-state index is 12.5. The molecule has 0 bridgehead atoms. The Morgan fingerprint density at radius 2 is 1.97 bits per heavy atom. The minimum Gasteiger partial charge on any atom is -0.431 e. The van der Waals surface area contributed by atoms with Crippen LogP contribution < -0.4 is 5.63 Å². The van der Waals surface area contributed by atoms with Gasteiger partial charge in [-0.15, -0.1) is 0 Å². The molecule has 1 aromatic rings. The molecule has 4 heteroatoms. The summed E-state index contributed by atoms with van der Waals surface area (Å²) in [4.78, 5) is 11.5. The Balaban J connectivity index is 1.30. The second-order valence-electron chi connectivity index (χ2n) is 12.0. The predicted octanol–water partition coefficient (Wildman–Crippen LogP) is 4.02. The summed E-state index contributed by atoms with van der Waals surface area (Å²) in [7, 11) is 0. The van der Waals surface area contributed by atoms with E-state index < -0.39 is 5.60 Å². The van der Waals surface area contributed by atoms with Gasteiger partial charge in [0.1, 0.15) is 0 Å². The first-order chi connectivity index (χ1) is 14.2. The molecule has 7 rings (SSSR count). The Morgan fingerprint density at radius 1 is 1.13 bits per heavy atom. The summed E-state index contributed by atoms with van der Waals surface area (Å²) < 4.78 is 5.21. The zero-order valence-corrected chi connectivity index (χ0v) is 17.9. The lowest BCUT2D eigenvalue weighted by atomic mass is 9.43. The van der Waals surface area contributed by atoms with Crippen molar-refractivity contribution < 1.29 is 14.6 Å². The Kier molecular flexibility index (Phi) is 3.13. The summed E-state index contributed by atoms with van der Waals surface area (Å²) in [6.45, 7) is 4.75. The number of hydrogen-bond acceptors (Lipinski definition) is 4. The van der Waals surface area contributed by atoms with E-state index in [0.29, 0.717) is 23.7 Å². The topological polar surface area (TPSA) is 70.7 Å². The van der Waals surface area contributed by atoms with Crippen molar-refractivity contribution in [3.8, 4) is 0 Å². The summed E-state index contributed by atoms with van der Waals surface area (Å²) in [5.41, 5.74) is 1.79. The van der Waals surface area contributed by atoms with Crippen molar-refractivity contribution in [2.45, 2.75) is 76.4 Å². The van der Waals surface area contributed by atoms with E-state index in [1.165, 1.54) is 18.1 Å².